The lowest BCUT2D eigenvalue weighted by Crippen LogP contribution is -2.32. The second-order valence-electron chi connectivity index (χ2n) is 5.35. The van der Waals surface area contributed by atoms with Crippen molar-refractivity contribution in [1.82, 2.24) is 0 Å². The minimum atomic E-state index is -0.916. The summed E-state index contributed by atoms with van der Waals surface area (Å²) < 4.78 is 11.5. The molecule has 0 aliphatic carbocycles. The summed E-state index contributed by atoms with van der Waals surface area (Å²) in [5.74, 6) is -0.482. The maximum atomic E-state index is 12.3. The highest BCUT2D eigenvalue weighted by atomic mass is 79.9. The van der Waals surface area contributed by atoms with E-state index in [1.54, 1.807) is 48.5 Å². The third-order valence-electron chi connectivity index (χ3n) is 3.42. The Labute approximate surface area is 154 Å². The minimum Gasteiger partial charge on any atom is -0.479 e. The van der Waals surface area contributed by atoms with Gasteiger partial charge in [0, 0.05) is 10.0 Å². The van der Waals surface area contributed by atoms with E-state index in [1.165, 1.54) is 13.8 Å². The van der Waals surface area contributed by atoms with E-state index in [0.717, 1.165) is 4.47 Å². The van der Waals surface area contributed by atoms with Crippen molar-refractivity contribution in [3.05, 3.63) is 64.1 Å². The quantitative estimate of drug-likeness (QED) is 0.541. The Kier molecular flexibility index (Phi) is 6.31. The van der Waals surface area contributed by atoms with Crippen molar-refractivity contribution in [3.8, 4) is 11.8 Å². The zero-order valence-electron chi connectivity index (χ0n) is 13.7. The summed E-state index contributed by atoms with van der Waals surface area (Å²) in [6, 6.07) is 15.2. The maximum Gasteiger partial charge on any atom is 0.347 e. The van der Waals surface area contributed by atoms with Gasteiger partial charge in [-0.1, -0.05) is 28.1 Å². The van der Waals surface area contributed by atoms with Crippen molar-refractivity contribution in [2.75, 3.05) is 0 Å². The number of rotatable bonds is 6. The topological polar surface area (TPSA) is 76.4 Å². The van der Waals surface area contributed by atoms with Crippen LogP contribution in [-0.4, -0.2) is 24.0 Å². The Morgan fingerprint density at radius 2 is 1.60 bits per heavy atom. The van der Waals surface area contributed by atoms with Gasteiger partial charge in [-0.3, -0.25) is 4.79 Å². The van der Waals surface area contributed by atoms with Gasteiger partial charge < -0.3 is 9.47 Å². The van der Waals surface area contributed by atoms with E-state index in [9.17, 15) is 9.59 Å². The van der Waals surface area contributed by atoms with Gasteiger partial charge in [0.2, 0.25) is 5.78 Å². The number of esters is 1. The van der Waals surface area contributed by atoms with Crippen LogP contribution in [-0.2, 0) is 9.53 Å². The molecule has 25 heavy (non-hydrogen) atoms. The van der Waals surface area contributed by atoms with Crippen LogP contribution in [0.25, 0.3) is 0 Å². The first kappa shape index (κ1) is 18.7. The first-order valence-electron chi connectivity index (χ1n) is 7.58. The number of halogens is 1. The molecular formula is C19H16BrNO4. The number of hydrogen-bond acceptors (Lipinski definition) is 5. The fourth-order valence-electron chi connectivity index (χ4n) is 2.03. The van der Waals surface area contributed by atoms with Gasteiger partial charge in [0.1, 0.15) is 5.75 Å². The number of ether oxygens (including phenoxy) is 2. The van der Waals surface area contributed by atoms with Crippen molar-refractivity contribution >= 4 is 27.7 Å². The largest absolute Gasteiger partial charge is 0.479 e. The molecule has 0 spiro atoms. The van der Waals surface area contributed by atoms with E-state index < -0.39 is 18.2 Å². The van der Waals surface area contributed by atoms with Crippen LogP contribution >= 0.6 is 15.9 Å². The number of Topliss-reactive ketones (excluding diaryl/α,β-unsaturated/α-hetero) is 1. The smallest absolute Gasteiger partial charge is 0.347 e. The molecule has 0 unspecified atom stereocenters. The summed E-state index contributed by atoms with van der Waals surface area (Å²) in [5, 5.41) is 8.76. The number of carbonyl (C=O) groups excluding carboxylic acids is 2. The summed E-state index contributed by atoms with van der Waals surface area (Å²) in [4.78, 5) is 24.4. The molecule has 0 fully saturated rings. The minimum absolute atomic E-state index is 0.286. The number of hydrogen-bond donors (Lipinski definition) is 0. The van der Waals surface area contributed by atoms with Gasteiger partial charge in [-0.15, -0.1) is 0 Å². The van der Waals surface area contributed by atoms with Gasteiger partial charge in [0.15, 0.2) is 12.2 Å². The van der Waals surface area contributed by atoms with Gasteiger partial charge in [-0.25, -0.2) is 4.79 Å². The first-order valence-corrected chi connectivity index (χ1v) is 8.37. The normalized spacial score (nSPS) is 12.6. The summed E-state index contributed by atoms with van der Waals surface area (Å²) in [7, 11) is 0. The predicted molar refractivity (Wildman–Crippen MR) is 95.3 cm³/mol. The first-order chi connectivity index (χ1) is 11.9. The van der Waals surface area contributed by atoms with E-state index in [4.69, 9.17) is 14.7 Å². The fraction of sp³-hybridized carbons (Fsp3) is 0.211. The molecule has 0 amide bonds. The molecular weight excluding hydrogens is 386 g/mol. The van der Waals surface area contributed by atoms with Crippen molar-refractivity contribution in [2.24, 2.45) is 0 Å². The molecule has 0 bridgehead atoms. The number of benzene rings is 2. The van der Waals surface area contributed by atoms with Crippen LogP contribution in [0, 0.1) is 11.3 Å². The third kappa shape index (κ3) is 5.16. The average molecular weight is 402 g/mol. The molecule has 0 saturated heterocycles. The Balaban J connectivity index is 1.94. The Bertz CT molecular complexity index is 794. The summed E-state index contributed by atoms with van der Waals surface area (Å²) in [6.45, 7) is 3.06. The summed E-state index contributed by atoms with van der Waals surface area (Å²) in [5.41, 5.74) is 0.959. The van der Waals surface area contributed by atoms with Crippen LogP contribution in [0.15, 0.2) is 53.0 Å². The van der Waals surface area contributed by atoms with E-state index in [0.29, 0.717) is 16.9 Å². The monoisotopic (exact) mass is 401 g/mol. The van der Waals surface area contributed by atoms with Crippen LogP contribution in [0.4, 0.5) is 0 Å². The molecule has 5 nitrogen and oxygen atoms in total. The Morgan fingerprint density at radius 3 is 2.16 bits per heavy atom. The zero-order chi connectivity index (χ0) is 18.4. The molecule has 6 heteroatoms. The van der Waals surface area contributed by atoms with E-state index in [2.05, 4.69) is 15.9 Å². The molecule has 2 aromatic carbocycles. The standard InChI is InChI=1S/C19H16BrNO4/c1-12(18(22)15-5-7-16(20)8-6-15)25-19(23)13(2)24-17-9-3-14(11-21)4-10-17/h3-10,12-13H,1-2H3/t12-,13+/m1/s1. The number of nitriles is 1. The van der Waals surface area contributed by atoms with Gasteiger partial charge in [0.05, 0.1) is 11.6 Å². The summed E-state index contributed by atoms with van der Waals surface area (Å²) >= 11 is 3.30. The van der Waals surface area contributed by atoms with Gasteiger partial charge in [-0.05, 0) is 50.2 Å². The molecule has 2 rings (SSSR count). The molecule has 2 aromatic rings. The molecule has 0 aromatic heterocycles. The lowest BCUT2D eigenvalue weighted by Gasteiger charge is -2.17. The van der Waals surface area contributed by atoms with Crippen molar-refractivity contribution in [3.63, 3.8) is 0 Å². The van der Waals surface area contributed by atoms with E-state index in [1.807, 2.05) is 6.07 Å². The highest BCUT2D eigenvalue weighted by Crippen LogP contribution is 2.16. The van der Waals surface area contributed by atoms with Crippen molar-refractivity contribution in [2.45, 2.75) is 26.1 Å². The molecule has 0 aliphatic rings. The Hall–Kier alpha value is -2.65. The molecule has 0 N–H and O–H groups in total. The number of carbonyl (C=O) groups is 2. The second kappa shape index (κ2) is 8.45. The van der Waals surface area contributed by atoms with Crippen LogP contribution in [0.3, 0.4) is 0 Å². The van der Waals surface area contributed by atoms with E-state index >= 15 is 0 Å². The van der Waals surface area contributed by atoms with Gasteiger partial charge in [-0.2, -0.15) is 5.26 Å². The predicted octanol–water partition coefficient (Wildman–Crippen LogP) is 3.90. The van der Waals surface area contributed by atoms with Crippen LogP contribution in [0.1, 0.15) is 29.8 Å². The van der Waals surface area contributed by atoms with Crippen molar-refractivity contribution in [1.29, 1.82) is 5.26 Å². The molecule has 0 heterocycles. The highest BCUT2D eigenvalue weighted by Gasteiger charge is 2.24. The van der Waals surface area contributed by atoms with Crippen LogP contribution in [0.5, 0.6) is 5.75 Å². The zero-order valence-corrected chi connectivity index (χ0v) is 15.3. The summed E-state index contributed by atoms with van der Waals surface area (Å²) in [6.07, 6.45) is -1.80. The average Bonchev–Trinajstić information content (AvgIpc) is 2.62. The number of nitrogens with zero attached hydrogens (tertiary/aromatic N) is 1. The fourth-order valence-corrected chi connectivity index (χ4v) is 2.30. The molecule has 0 aliphatic heterocycles. The molecule has 0 saturated carbocycles. The Morgan fingerprint density at radius 1 is 1.00 bits per heavy atom. The lowest BCUT2D eigenvalue weighted by atomic mass is 10.1. The molecule has 128 valence electrons. The maximum absolute atomic E-state index is 12.3. The number of ketones is 1. The van der Waals surface area contributed by atoms with Gasteiger partial charge >= 0.3 is 5.97 Å². The molecule has 2 atom stereocenters. The second-order valence-corrected chi connectivity index (χ2v) is 6.26. The van der Waals surface area contributed by atoms with Crippen molar-refractivity contribution < 1.29 is 19.1 Å². The lowest BCUT2D eigenvalue weighted by molar-refractivity contribution is -0.153. The van der Waals surface area contributed by atoms with Crippen LogP contribution in [0.2, 0.25) is 0 Å². The third-order valence-corrected chi connectivity index (χ3v) is 3.95. The van der Waals surface area contributed by atoms with Gasteiger partial charge in [0.25, 0.3) is 0 Å². The van der Waals surface area contributed by atoms with Crippen LogP contribution < -0.4 is 4.74 Å². The SMILES string of the molecule is C[C@H](Oc1ccc(C#N)cc1)C(=O)O[C@H](C)C(=O)c1ccc(Br)cc1. The highest BCUT2D eigenvalue weighted by molar-refractivity contribution is 9.10. The molecule has 0 radical (unpaired) electrons. The van der Waals surface area contributed by atoms with E-state index in [-0.39, 0.29) is 5.78 Å².